The fourth-order valence-corrected chi connectivity index (χ4v) is 3.73. The van der Waals surface area contributed by atoms with Crippen molar-refractivity contribution < 1.29 is 4.79 Å². The smallest absolute Gasteiger partial charge is 0.233 e. The predicted octanol–water partition coefficient (Wildman–Crippen LogP) is 3.13. The zero-order valence-corrected chi connectivity index (χ0v) is 14.1. The number of carbonyl (C=O) groups is 1. The number of hydrogen-bond donors (Lipinski definition) is 0. The van der Waals surface area contributed by atoms with E-state index in [1.54, 1.807) is 6.33 Å². The highest BCUT2D eigenvalue weighted by Crippen LogP contribution is 2.23. The molecule has 2 rings (SSSR count). The summed E-state index contributed by atoms with van der Waals surface area (Å²) in [4.78, 5) is 14.3. The first-order chi connectivity index (χ1) is 10.1. The number of hydrogen-bond acceptors (Lipinski definition) is 4. The second kappa shape index (κ2) is 7.82. The molecule has 5 nitrogen and oxygen atoms in total. The van der Waals surface area contributed by atoms with Crippen LogP contribution in [0.5, 0.6) is 0 Å². The molecule has 1 aliphatic rings. The zero-order valence-electron chi connectivity index (χ0n) is 13.3. The van der Waals surface area contributed by atoms with Gasteiger partial charge in [0.05, 0.1) is 5.75 Å². The summed E-state index contributed by atoms with van der Waals surface area (Å²) >= 11 is 1.49. The first-order valence-corrected chi connectivity index (χ1v) is 8.86. The maximum atomic E-state index is 12.4. The van der Waals surface area contributed by atoms with E-state index in [9.17, 15) is 4.79 Å². The van der Waals surface area contributed by atoms with Crippen LogP contribution in [0.1, 0.15) is 58.4 Å². The molecule has 0 radical (unpaired) electrons. The Kier molecular flexibility index (Phi) is 6.08. The van der Waals surface area contributed by atoms with Crippen molar-refractivity contribution in [2.24, 2.45) is 0 Å². The largest absolute Gasteiger partial charge is 0.342 e. The summed E-state index contributed by atoms with van der Waals surface area (Å²) in [6, 6.07) is 0.737. The van der Waals surface area contributed by atoms with Gasteiger partial charge in [-0.05, 0) is 26.7 Å². The Bertz CT molecular complexity index is 452. The summed E-state index contributed by atoms with van der Waals surface area (Å²) in [5, 5.41) is 8.86. The molecule has 0 spiro atoms. The van der Waals surface area contributed by atoms with Gasteiger partial charge in [-0.1, -0.05) is 37.4 Å². The first kappa shape index (κ1) is 16.3. The molecular formula is C15H26N4OS. The minimum atomic E-state index is 0.199. The van der Waals surface area contributed by atoms with Gasteiger partial charge in [-0.2, -0.15) is 0 Å². The molecule has 1 heterocycles. The van der Waals surface area contributed by atoms with Crippen LogP contribution >= 0.6 is 11.8 Å². The Balaban J connectivity index is 1.87. The Morgan fingerprint density at radius 1 is 1.38 bits per heavy atom. The van der Waals surface area contributed by atoms with Crippen molar-refractivity contribution in [2.45, 2.75) is 69.6 Å². The number of amides is 1. The fraction of sp³-hybridized carbons (Fsp3) is 0.800. The minimum Gasteiger partial charge on any atom is -0.342 e. The van der Waals surface area contributed by atoms with Gasteiger partial charge in [-0.3, -0.25) is 4.79 Å². The van der Waals surface area contributed by atoms with Crippen LogP contribution in [0.4, 0.5) is 0 Å². The molecule has 0 N–H and O–H groups in total. The normalized spacial score (nSPS) is 17.0. The van der Waals surface area contributed by atoms with Crippen LogP contribution in [0.3, 0.4) is 0 Å². The molecule has 0 aromatic carbocycles. The monoisotopic (exact) mass is 310 g/mol. The molecule has 1 saturated carbocycles. The van der Waals surface area contributed by atoms with Crippen molar-refractivity contribution in [1.29, 1.82) is 0 Å². The van der Waals surface area contributed by atoms with Crippen molar-refractivity contribution >= 4 is 17.7 Å². The molecule has 0 saturated heterocycles. The summed E-state index contributed by atoms with van der Waals surface area (Å²) in [6.07, 6.45) is 9.14. The van der Waals surface area contributed by atoms with Crippen molar-refractivity contribution in [3.63, 3.8) is 0 Å². The van der Waals surface area contributed by atoms with Gasteiger partial charge in [0, 0.05) is 19.1 Å². The SMILES string of the molecule is CC(C)n1cnnc1SCC(=O)N(C)C1CCCCCC1. The van der Waals surface area contributed by atoms with Gasteiger partial charge in [0.2, 0.25) is 5.91 Å². The van der Waals surface area contributed by atoms with Crippen LogP contribution in [0.25, 0.3) is 0 Å². The van der Waals surface area contributed by atoms with Gasteiger partial charge < -0.3 is 9.47 Å². The van der Waals surface area contributed by atoms with Crippen LogP contribution in [0.2, 0.25) is 0 Å². The van der Waals surface area contributed by atoms with E-state index in [0.29, 0.717) is 17.8 Å². The molecule has 1 fully saturated rings. The Hall–Kier alpha value is -1.04. The van der Waals surface area contributed by atoms with Gasteiger partial charge in [0.15, 0.2) is 5.16 Å². The number of aromatic nitrogens is 3. The number of thioether (sulfide) groups is 1. The lowest BCUT2D eigenvalue weighted by Crippen LogP contribution is -2.37. The van der Waals surface area contributed by atoms with Gasteiger partial charge >= 0.3 is 0 Å². The van der Waals surface area contributed by atoms with E-state index in [1.165, 1.54) is 37.4 Å². The van der Waals surface area contributed by atoms with Crippen molar-refractivity contribution in [3.8, 4) is 0 Å². The molecule has 21 heavy (non-hydrogen) atoms. The fourth-order valence-electron chi connectivity index (χ4n) is 2.77. The van der Waals surface area contributed by atoms with E-state index in [2.05, 4.69) is 24.0 Å². The van der Waals surface area contributed by atoms with E-state index in [0.717, 1.165) is 18.0 Å². The molecule has 0 bridgehead atoms. The van der Waals surface area contributed by atoms with E-state index < -0.39 is 0 Å². The van der Waals surface area contributed by atoms with Gasteiger partial charge in [-0.25, -0.2) is 0 Å². The van der Waals surface area contributed by atoms with Crippen LogP contribution in [0, 0.1) is 0 Å². The molecular weight excluding hydrogens is 284 g/mol. The lowest BCUT2D eigenvalue weighted by molar-refractivity contribution is -0.129. The van der Waals surface area contributed by atoms with E-state index >= 15 is 0 Å². The second-order valence-corrected chi connectivity index (χ2v) is 7.00. The highest BCUT2D eigenvalue weighted by Gasteiger charge is 2.21. The van der Waals surface area contributed by atoms with E-state index in [1.807, 2.05) is 16.5 Å². The number of carbonyl (C=O) groups excluding carboxylic acids is 1. The molecule has 6 heteroatoms. The molecule has 118 valence electrons. The molecule has 1 aliphatic carbocycles. The molecule has 1 amide bonds. The Labute approximate surface area is 131 Å². The molecule has 1 aromatic heterocycles. The van der Waals surface area contributed by atoms with Crippen molar-refractivity contribution in [3.05, 3.63) is 6.33 Å². The Morgan fingerprint density at radius 3 is 2.67 bits per heavy atom. The summed E-state index contributed by atoms with van der Waals surface area (Å²) < 4.78 is 2.00. The van der Waals surface area contributed by atoms with E-state index in [4.69, 9.17) is 0 Å². The van der Waals surface area contributed by atoms with Crippen LogP contribution in [-0.4, -0.2) is 44.4 Å². The van der Waals surface area contributed by atoms with Gasteiger partial charge in [0.25, 0.3) is 0 Å². The number of nitrogens with zero attached hydrogens (tertiary/aromatic N) is 4. The lowest BCUT2D eigenvalue weighted by atomic mass is 10.1. The third kappa shape index (κ3) is 4.46. The van der Waals surface area contributed by atoms with Crippen molar-refractivity contribution in [2.75, 3.05) is 12.8 Å². The maximum absolute atomic E-state index is 12.4. The Morgan fingerprint density at radius 2 is 2.05 bits per heavy atom. The molecule has 0 unspecified atom stereocenters. The molecule has 0 aliphatic heterocycles. The third-order valence-corrected chi connectivity index (χ3v) is 5.13. The average Bonchev–Trinajstić information content (AvgIpc) is 2.77. The quantitative estimate of drug-likeness (QED) is 0.619. The van der Waals surface area contributed by atoms with Crippen molar-refractivity contribution in [1.82, 2.24) is 19.7 Å². The summed E-state index contributed by atoms with van der Waals surface area (Å²) in [5.41, 5.74) is 0. The predicted molar refractivity (Wildman–Crippen MR) is 85.4 cm³/mol. The van der Waals surface area contributed by atoms with Gasteiger partial charge in [-0.15, -0.1) is 10.2 Å². The second-order valence-electron chi connectivity index (χ2n) is 6.05. The number of rotatable bonds is 5. The topological polar surface area (TPSA) is 51.0 Å². The minimum absolute atomic E-state index is 0.199. The summed E-state index contributed by atoms with van der Waals surface area (Å²) in [6.45, 7) is 4.18. The van der Waals surface area contributed by atoms with E-state index in [-0.39, 0.29) is 5.91 Å². The maximum Gasteiger partial charge on any atom is 0.233 e. The average molecular weight is 310 g/mol. The third-order valence-electron chi connectivity index (χ3n) is 4.19. The summed E-state index contributed by atoms with van der Waals surface area (Å²) in [5.74, 6) is 0.642. The molecule has 0 atom stereocenters. The van der Waals surface area contributed by atoms with Crippen LogP contribution in [-0.2, 0) is 4.79 Å². The zero-order chi connectivity index (χ0) is 15.2. The van der Waals surface area contributed by atoms with Crippen LogP contribution < -0.4 is 0 Å². The lowest BCUT2D eigenvalue weighted by Gasteiger charge is -2.27. The molecule has 1 aromatic rings. The summed E-state index contributed by atoms with van der Waals surface area (Å²) in [7, 11) is 1.95. The standard InChI is InChI=1S/C15H26N4OS/c1-12(2)19-11-16-17-15(19)21-10-14(20)18(3)13-8-6-4-5-7-9-13/h11-13H,4-10H2,1-3H3. The highest BCUT2D eigenvalue weighted by molar-refractivity contribution is 7.99. The van der Waals surface area contributed by atoms with Crippen LogP contribution in [0.15, 0.2) is 11.5 Å². The highest BCUT2D eigenvalue weighted by atomic mass is 32.2. The first-order valence-electron chi connectivity index (χ1n) is 7.87. The van der Waals surface area contributed by atoms with Gasteiger partial charge in [0.1, 0.15) is 6.33 Å².